The van der Waals surface area contributed by atoms with Gasteiger partial charge < -0.3 is 4.90 Å². The Morgan fingerprint density at radius 3 is 1.93 bits per heavy atom. The van der Waals surface area contributed by atoms with Gasteiger partial charge in [-0.25, -0.2) is 0 Å². The van der Waals surface area contributed by atoms with Gasteiger partial charge in [-0.05, 0) is 88.5 Å². The molecule has 0 spiro atoms. The molecule has 0 aliphatic carbocycles. The lowest BCUT2D eigenvalue weighted by atomic mass is 9.98. The molecule has 1 heterocycles. The summed E-state index contributed by atoms with van der Waals surface area (Å²) in [4.78, 5) is 2.39. The average Bonchev–Trinajstić information content (AvgIpc) is 3.44. The highest BCUT2D eigenvalue weighted by molar-refractivity contribution is 7.25. The molecule has 2 heteroatoms. The summed E-state index contributed by atoms with van der Waals surface area (Å²) in [5.41, 5.74) is 9.57. The maximum atomic E-state index is 2.39. The molecule has 0 N–H and O–H groups in total. The molecule has 7 aromatic carbocycles. The van der Waals surface area contributed by atoms with Crippen molar-refractivity contribution in [3.63, 3.8) is 0 Å². The van der Waals surface area contributed by atoms with Crippen molar-refractivity contribution >= 4 is 59.3 Å². The smallest absolute Gasteiger partial charge is 0.0468 e. The van der Waals surface area contributed by atoms with E-state index in [1.54, 1.807) is 0 Å². The summed E-state index contributed by atoms with van der Waals surface area (Å²) in [7, 11) is 0. The minimum atomic E-state index is 1.13. The molecule has 0 aliphatic rings. The monoisotopic (exact) mass is 567 g/mol. The van der Waals surface area contributed by atoms with E-state index in [9.17, 15) is 0 Å². The Labute approximate surface area is 255 Å². The van der Waals surface area contributed by atoms with Gasteiger partial charge in [0.2, 0.25) is 0 Å². The third-order valence-corrected chi connectivity index (χ3v) is 9.49. The number of thiophene rings is 1. The van der Waals surface area contributed by atoms with Crippen LogP contribution in [0.1, 0.15) is 5.56 Å². The largest absolute Gasteiger partial charge is 0.310 e. The van der Waals surface area contributed by atoms with Crippen molar-refractivity contribution in [1.82, 2.24) is 0 Å². The normalized spacial score (nSPS) is 11.4. The molecule has 0 saturated carbocycles. The zero-order valence-electron chi connectivity index (χ0n) is 23.9. The van der Waals surface area contributed by atoms with Crippen LogP contribution in [0.15, 0.2) is 158 Å². The van der Waals surface area contributed by atoms with E-state index in [1.165, 1.54) is 58.8 Å². The van der Waals surface area contributed by atoms with E-state index in [0.29, 0.717) is 0 Å². The van der Waals surface area contributed by atoms with Crippen molar-refractivity contribution in [2.24, 2.45) is 0 Å². The summed E-state index contributed by atoms with van der Waals surface area (Å²) in [6.07, 6.45) is 0. The third-order valence-electron chi connectivity index (χ3n) is 8.33. The molecule has 8 rings (SSSR count). The van der Waals surface area contributed by atoms with Crippen LogP contribution in [0.25, 0.3) is 53.2 Å². The Bertz CT molecular complexity index is 2240. The fourth-order valence-electron chi connectivity index (χ4n) is 6.14. The second-order valence-electron chi connectivity index (χ2n) is 11.1. The van der Waals surface area contributed by atoms with Gasteiger partial charge in [0.25, 0.3) is 0 Å². The number of anilines is 3. The lowest BCUT2D eigenvalue weighted by Crippen LogP contribution is -2.10. The molecular formula is C41H29NS. The van der Waals surface area contributed by atoms with Crippen LogP contribution in [-0.4, -0.2) is 0 Å². The van der Waals surface area contributed by atoms with Gasteiger partial charge in [0.1, 0.15) is 0 Å². The van der Waals surface area contributed by atoms with Crippen molar-refractivity contribution in [3.05, 3.63) is 163 Å². The highest BCUT2D eigenvalue weighted by Gasteiger charge is 2.16. The Morgan fingerprint density at radius 2 is 1.07 bits per heavy atom. The number of hydrogen-bond acceptors (Lipinski definition) is 2. The Kier molecular flexibility index (Phi) is 6.28. The molecular weight excluding hydrogens is 539 g/mol. The van der Waals surface area contributed by atoms with Crippen LogP contribution < -0.4 is 4.90 Å². The van der Waals surface area contributed by atoms with Gasteiger partial charge in [0.05, 0.1) is 0 Å². The molecule has 0 fully saturated rings. The van der Waals surface area contributed by atoms with Crippen LogP contribution in [0, 0.1) is 6.92 Å². The van der Waals surface area contributed by atoms with Crippen LogP contribution in [0.5, 0.6) is 0 Å². The van der Waals surface area contributed by atoms with E-state index in [2.05, 4.69) is 170 Å². The minimum absolute atomic E-state index is 1.13. The van der Waals surface area contributed by atoms with Crippen molar-refractivity contribution in [2.75, 3.05) is 4.90 Å². The summed E-state index contributed by atoms with van der Waals surface area (Å²) in [6.45, 7) is 2.13. The van der Waals surface area contributed by atoms with Gasteiger partial charge in [-0.2, -0.15) is 0 Å². The van der Waals surface area contributed by atoms with Gasteiger partial charge in [0, 0.05) is 37.2 Å². The molecule has 43 heavy (non-hydrogen) atoms. The van der Waals surface area contributed by atoms with E-state index < -0.39 is 0 Å². The van der Waals surface area contributed by atoms with E-state index in [4.69, 9.17) is 0 Å². The molecule has 0 radical (unpaired) electrons. The number of rotatable bonds is 5. The van der Waals surface area contributed by atoms with Gasteiger partial charge in [-0.1, -0.05) is 115 Å². The summed E-state index contributed by atoms with van der Waals surface area (Å²) in [5.74, 6) is 0. The van der Waals surface area contributed by atoms with Crippen LogP contribution >= 0.6 is 11.3 Å². The summed E-state index contributed by atoms with van der Waals surface area (Å²) in [6, 6.07) is 57.4. The second kappa shape index (κ2) is 10.6. The quantitative estimate of drug-likeness (QED) is 0.200. The molecule has 0 bridgehead atoms. The molecule has 0 amide bonds. The minimum Gasteiger partial charge on any atom is -0.310 e. The highest BCUT2D eigenvalue weighted by atomic mass is 32.1. The molecule has 1 nitrogen and oxygen atoms in total. The first-order valence-electron chi connectivity index (χ1n) is 14.7. The zero-order chi connectivity index (χ0) is 28.8. The first-order valence-corrected chi connectivity index (χ1v) is 15.5. The SMILES string of the molecule is Cc1ccc(-c2cccc(N(c3ccc(-c4cccc5ccccc45)cc3)c3ccc4sc5ccccc5c4c3)c2)cc1. The van der Waals surface area contributed by atoms with Crippen molar-refractivity contribution in [3.8, 4) is 22.3 Å². The number of nitrogens with zero attached hydrogens (tertiary/aromatic N) is 1. The second-order valence-corrected chi connectivity index (χ2v) is 12.2. The van der Waals surface area contributed by atoms with Crippen molar-refractivity contribution in [1.29, 1.82) is 0 Å². The van der Waals surface area contributed by atoms with E-state index in [-0.39, 0.29) is 0 Å². The van der Waals surface area contributed by atoms with Crippen LogP contribution in [0.3, 0.4) is 0 Å². The van der Waals surface area contributed by atoms with E-state index in [1.807, 2.05) is 11.3 Å². The van der Waals surface area contributed by atoms with Crippen LogP contribution in [-0.2, 0) is 0 Å². The lowest BCUT2D eigenvalue weighted by Gasteiger charge is -2.26. The number of fused-ring (bicyclic) bond motifs is 4. The third kappa shape index (κ3) is 4.67. The molecule has 0 atom stereocenters. The zero-order valence-corrected chi connectivity index (χ0v) is 24.7. The van der Waals surface area contributed by atoms with Gasteiger partial charge >= 0.3 is 0 Å². The summed E-state index contributed by atoms with van der Waals surface area (Å²) < 4.78 is 2.63. The van der Waals surface area contributed by atoms with E-state index in [0.717, 1.165) is 17.1 Å². The first kappa shape index (κ1) is 25.5. The number of hydrogen-bond donors (Lipinski definition) is 0. The molecule has 0 saturated heterocycles. The molecule has 0 unspecified atom stereocenters. The molecule has 204 valence electrons. The fraction of sp³-hybridized carbons (Fsp3) is 0.0244. The number of aryl methyl sites for hydroxylation is 1. The lowest BCUT2D eigenvalue weighted by molar-refractivity contribution is 1.29. The van der Waals surface area contributed by atoms with Gasteiger partial charge in [-0.3, -0.25) is 0 Å². The average molecular weight is 568 g/mol. The van der Waals surface area contributed by atoms with Crippen LogP contribution in [0.4, 0.5) is 17.1 Å². The van der Waals surface area contributed by atoms with Crippen molar-refractivity contribution < 1.29 is 0 Å². The maximum Gasteiger partial charge on any atom is 0.0468 e. The van der Waals surface area contributed by atoms with E-state index >= 15 is 0 Å². The Hall–Kier alpha value is -5.18. The standard InChI is InChI=1S/C41H29NS/c1-28-16-18-29(19-17-28)32-10-6-11-34(26-32)42(35-24-25-41-39(27-35)38-13-4-5-15-40(38)43-41)33-22-20-31(21-23-33)37-14-7-9-30-8-2-3-12-36(30)37/h2-27H,1H3. The van der Waals surface area contributed by atoms with Gasteiger partial charge in [0.15, 0.2) is 0 Å². The number of benzene rings is 7. The highest BCUT2D eigenvalue weighted by Crippen LogP contribution is 2.42. The predicted octanol–water partition coefficient (Wildman–Crippen LogP) is 12.3. The fourth-order valence-corrected chi connectivity index (χ4v) is 7.22. The molecule has 1 aromatic heterocycles. The topological polar surface area (TPSA) is 3.24 Å². The van der Waals surface area contributed by atoms with Crippen LogP contribution in [0.2, 0.25) is 0 Å². The Balaban J connectivity index is 1.28. The summed E-state index contributed by atoms with van der Waals surface area (Å²) in [5, 5.41) is 5.14. The first-order chi connectivity index (χ1) is 21.2. The molecule has 8 aromatic rings. The molecule has 0 aliphatic heterocycles. The maximum absolute atomic E-state index is 2.39. The van der Waals surface area contributed by atoms with Crippen molar-refractivity contribution in [2.45, 2.75) is 6.92 Å². The Morgan fingerprint density at radius 1 is 0.419 bits per heavy atom. The predicted molar refractivity (Wildman–Crippen MR) is 187 cm³/mol. The van der Waals surface area contributed by atoms with Gasteiger partial charge in [-0.15, -0.1) is 11.3 Å². The summed E-state index contributed by atoms with van der Waals surface area (Å²) >= 11 is 1.86.